The fourth-order valence-electron chi connectivity index (χ4n) is 1.75. The number of aromatic nitrogens is 2. The van der Waals surface area contributed by atoms with E-state index < -0.39 is 0 Å². The molecule has 0 aliphatic carbocycles. The molecule has 0 saturated carbocycles. The van der Waals surface area contributed by atoms with Gasteiger partial charge in [0.1, 0.15) is 0 Å². The third-order valence-electron chi connectivity index (χ3n) is 2.48. The summed E-state index contributed by atoms with van der Waals surface area (Å²) in [4.78, 5) is 0. The predicted octanol–water partition coefficient (Wildman–Crippen LogP) is 5.08. The Morgan fingerprint density at radius 2 is 1.32 bits per heavy atom. The number of benzene rings is 2. The van der Waals surface area contributed by atoms with Gasteiger partial charge in [-0.25, -0.2) is 4.68 Å². The molecule has 19 heavy (non-hydrogen) atoms. The minimum Gasteiger partial charge on any atom is -0.233 e. The predicted molar refractivity (Wildman–Crippen MR) is 83.8 cm³/mol. The van der Waals surface area contributed by atoms with Crippen LogP contribution in [0.4, 0.5) is 0 Å². The van der Waals surface area contributed by atoms with Gasteiger partial charge in [-0.2, -0.15) is 5.10 Å². The maximum Gasteiger partial charge on any atom is 0.0741 e. The van der Waals surface area contributed by atoms with Crippen molar-refractivity contribution < 1.29 is 0 Å². The average Bonchev–Trinajstić information content (AvgIpc) is 2.96. The van der Waals surface area contributed by atoms with Crippen molar-refractivity contribution >= 4 is 10.9 Å². The summed E-state index contributed by atoms with van der Waals surface area (Å²) in [6.45, 7) is 8.00. The van der Waals surface area contributed by atoms with Crippen LogP contribution in [-0.4, -0.2) is 9.78 Å². The van der Waals surface area contributed by atoms with E-state index in [-0.39, 0.29) is 0 Å². The van der Waals surface area contributed by atoms with Crippen LogP contribution >= 0.6 is 0 Å². The minimum atomic E-state index is 1.10. The van der Waals surface area contributed by atoms with Crippen molar-refractivity contribution in [2.75, 3.05) is 0 Å². The summed E-state index contributed by atoms with van der Waals surface area (Å²) in [7, 11) is 0. The zero-order valence-electron chi connectivity index (χ0n) is 12.2. The summed E-state index contributed by atoms with van der Waals surface area (Å²) in [5.74, 6) is 0. The van der Waals surface area contributed by atoms with Crippen LogP contribution in [0.2, 0.25) is 0 Å². The maximum atomic E-state index is 4.38. The van der Waals surface area contributed by atoms with Crippen molar-refractivity contribution in [3.8, 4) is 5.69 Å². The van der Waals surface area contributed by atoms with E-state index >= 15 is 0 Å². The monoisotopic (exact) mass is 254 g/mol. The Kier molecular flexibility index (Phi) is 6.37. The molecule has 2 aromatic carbocycles. The SMILES string of the molecule is CC.CC.c1ccc(-n2ncc3ccccc32)cc1. The van der Waals surface area contributed by atoms with Crippen molar-refractivity contribution in [2.24, 2.45) is 0 Å². The fourth-order valence-corrected chi connectivity index (χ4v) is 1.75. The second-order valence-corrected chi connectivity index (χ2v) is 3.45. The van der Waals surface area contributed by atoms with Gasteiger partial charge in [-0.1, -0.05) is 64.1 Å². The molecule has 0 N–H and O–H groups in total. The molecular weight excluding hydrogens is 232 g/mol. The molecule has 3 rings (SSSR count). The number of fused-ring (bicyclic) bond motifs is 1. The smallest absolute Gasteiger partial charge is 0.0741 e. The minimum absolute atomic E-state index is 1.10. The largest absolute Gasteiger partial charge is 0.233 e. The highest BCUT2D eigenvalue weighted by Crippen LogP contribution is 2.17. The molecule has 0 saturated heterocycles. The molecule has 0 unspecified atom stereocenters. The number of para-hydroxylation sites is 2. The van der Waals surface area contributed by atoms with Crippen molar-refractivity contribution in [2.45, 2.75) is 27.7 Å². The van der Waals surface area contributed by atoms with Crippen LogP contribution in [0.15, 0.2) is 60.8 Å². The number of hydrogen-bond acceptors (Lipinski definition) is 1. The molecule has 0 fully saturated rings. The first-order valence-corrected chi connectivity index (χ1v) is 6.93. The van der Waals surface area contributed by atoms with Gasteiger partial charge >= 0.3 is 0 Å². The van der Waals surface area contributed by atoms with Crippen LogP contribution < -0.4 is 0 Å². The highest BCUT2D eigenvalue weighted by molar-refractivity contribution is 5.79. The van der Waals surface area contributed by atoms with Crippen LogP contribution in [0.5, 0.6) is 0 Å². The van der Waals surface area contributed by atoms with Gasteiger partial charge in [0, 0.05) is 5.39 Å². The highest BCUT2D eigenvalue weighted by Gasteiger charge is 2.02. The quantitative estimate of drug-likeness (QED) is 0.592. The second-order valence-electron chi connectivity index (χ2n) is 3.45. The molecule has 2 heteroatoms. The molecule has 1 heterocycles. The lowest BCUT2D eigenvalue weighted by atomic mass is 10.2. The lowest BCUT2D eigenvalue weighted by Gasteiger charge is -2.01. The maximum absolute atomic E-state index is 4.38. The topological polar surface area (TPSA) is 17.8 Å². The van der Waals surface area contributed by atoms with Gasteiger partial charge in [0.2, 0.25) is 0 Å². The second kappa shape index (κ2) is 8.09. The summed E-state index contributed by atoms with van der Waals surface area (Å²) in [6, 6.07) is 18.4. The van der Waals surface area contributed by atoms with Gasteiger partial charge in [0.15, 0.2) is 0 Å². The third-order valence-corrected chi connectivity index (χ3v) is 2.48. The van der Waals surface area contributed by atoms with Gasteiger partial charge in [-0.05, 0) is 18.2 Å². The Morgan fingerprint density at radius 3 is 2.00 bits per heavy atom. The van der Waals surface area contributed by atoms with Crippen LogP contribution in [0.1, 0.15) is 27.7 Å². The molecule has 3 aromatic rings. The summed E-state index contributed by atoms with van der Waals surface area (Å²) in [5, 5.41) is 5.55. The molecule has 0 spiro atoms. The van der Waals surface area contributed by atoms with Gasteiger partial charge in [-0.15, -0.1) is 0 Å². The van der Waals surface area contributed by atoms with E-state index in [2.05, 4.69) is 29.4 Å². The van der Waals surface area contributed by atoms with E-state index in [1.54, 1.807) is 0 Å². The first kappa shape index (κ1) is 15.0. The summed E-state index contributed by atoms with van der Waals surface area (Å²) < 4.78 is 1.95. The highest BCUT2D eigenvalue weighted by atomic mass is 15.3. The Labute approximate surface area is 115 Å². The molecule has 0 aliphatic rings. The molecule has 1 aromatic heterocycles. The molecule has 0 amide bonds. The van der Waals surface area contributed by atoms with Crippen LogP contribution in [0.25, 0.3) is 16.6 Å². The normalized spacial score (nSPS) is 9.05. The lowest BCUT2D eigenvalue weighted by Crippen LogP contribution is -1.94. The van der Waals surface area contributed by atoms with Gasteiger partial charge in [-0.3, -0.25) is 0 Å². The molecule has 0 bridgehead atoms. The summed E-state index contributed by atoms with van der Waals surface area (Å²) >= 11 is 0. The lowest BCUT2D eigenvalue weighted by molar-refractivity contribution is 0.911. The van der Waals surface area contributed by atoms with Crippen molar-refractivity contribution in [3.63, 3.8) is 0 Å². The van der Waals surface area contributed by atoms with Crippen molar-refractivity contribution in [1.29, 1.82) is 0 Å². The molecular formula is C17H22N2. The standard InChI is InChI=1S/C13H10N2.2C2H6/c1-2-7-12(8-3-1)15-13-9-5-4-6-11(13)10-14-15;2*1-2/h1-10H;2*1-2H3. The first-order chi connectivity index (χ1) is 9.45. The Hall–Kier alpha value is -2.09. The average molecular weight is 254 g/mol. The van der Waals surface area contributed by atoms with Crippen LogP contribution in [-0.2, 0) is 0 Å². The fraction of sp³-hybridized carbons (Fsp3) is 0.235. The van der Waals surface area contributed by atoms with Crippen LogP contribution in [0, 0.1) is 0 Å². The summed E-state index contributed by atoms with van der Waals surface area (Å²) in [5.41, 5.74) is 2.24. The number of hydrogen-bond donors (Lipinski definition) is 0. The van der Waals surface area contributed by atoms with E-state index in [0.717, 1.165) is 11.2 Å². The Morgan fingerprint density at radius 1 is 0.737 bits per heavy atom. The van der Waals surface area contributed by atoms with E-state index in [1.807, 2.05) is 68.9 Å². The molecule has 0 atom stereocenters. The molecule has 0 radical (unpaired) electrons. The van der Waals surface area contributed by atoms with E-state index in [9.17, 15) is 0 Å². The molecule has 2 nitrogen and oxygen atoms in total. The van der Waals surface area contributed by atoms with Crippen molar-refractivity contribution in [1.82, 2.24) is 9.78 Å². The Bertz CT molecular complexity index is 582. The van der Waals surface area contributed by atoms with Gasteiger partial charge in [0.05, 0.1) is 17.4 Å². The van der Waals surface area contributed by atoms with Crippen LogP contribution in [0.3, 0.4) is 0 Å². The Balaban J connectivity index is 0.000000415. The zero-order valence-corrected chi connectivity index (χ0v) is 12.2. The van der Waals surface area contributed by atoms with Crippen molar-refractivity contribution in [3.05, 3.63) is 60.8 Å². The third kappa shape index (κ3) is 3.44. The molecule has 0 aliphatic heterocycles. The summed E-state index contributed by atoms with van der Waals surface area (Å²) in [6.07, 6.45) is 1.89. The van der Waals surface area contributed by atoms with E-state index in [4.69, 9.17) is 0 Å². The number of nitrogens with zero attached hydrogens (tertiary/aromatic N) is 2. The first-order valence-electron chi connectivity index (χ1n) is 6.93. The van der Waals surface area contributed by atoms with E-state index in [0.29, 0.717) is 0 Å². The molecule has 100 valence electrons. The van der Waals surface area contributed by atoms with Gasteiger partial charge in [0.25, 0.3) is 0 Å². The number of rotatable bonds is 1. The van der Waals surface area contributed by atoms with E-state index in [1.165, 1.54) is 5.39 Å². The van der Waals surface area contributed by atoms with Gasteiger partial charge < -0.3 is 0 Å². The zero-order chi connectivity index (χ0) is 14.1.